The zero-order valence-corrected chi connectivity index (χ0v) is 10.5. The molecule has 1 unspecified atom stereocenters. The van der Waals surface area contributed by atoms with Crippen LogP contribution >= 0.6 is 15.9 Å². The van der Waals surface area contributed by atoms with Gasteiger partial charge in [-0.1, -0.05) is 15.9 Å². The molecule has 1 aliphatic rings. The minimum Gasteiger partial charge on any atom is -0.494 e. The first kappa shape index (κ1) is 11.5. The van der Waals surface area contributed by atoms with Crippen molar-refractivity contribution in [2.75, 3.05) is 13.2 Å². The summed E-state index contributed by atoms with van der Waals surface area (Å²) in [4.78, 5) is 11.3. The molecule has 4 heteroatoms. The highest BCUT2D eigenvalue weighted by Gasteiger charge is 2.23. The first-order chi connectivity index (χ1) is 7.75. The molecular formula is C12H14BrNO2. The highest BCUT2D eigenvalue weighted by atomic mass is 79.9. The average Bonchev–Trinajstić information content (AvgIpc) is 2.68. The Morgan fingerprint density at radius 3 is 2.75 bits per heavy atom. The Bertz CT molecular complexity index is 364. The summed E-state index contributed by atoms with van der Waals surface area (Å²) in [5.41, 5.74) is 0. The summed E-state index contributed by atoms with van der Waals surface area (Å²) in [5.74, 6) is 1.15. The summed E-state index contributed by atoms with van der Waals surface area (Å²) in [6.45, 7) is 1.40. The number of amides is 1. The van der Waals surface area contributed by atoms with Gasteiger partial charge in [-0.3, -0.25) is 4.79 Å². The van der Waals surface area contributed by atoms with E-state index >= 15 is 0 Å². The van der Waals surface area contributed by atoms with Gasteiger partial charge < -0.3 is 10.1 Å². The largest absolute Gasteiger partial charge is 0.494 e. The fourth-order valence-electron chi connectivity index (χ4n) is 1.77. The second-order valence-electron chi connectivity index (χ2n) is 3.87. The van der Waals surface area contributed by atoms with E-state index in [4.69, 9.17) is 4.74 Å². The Morgan fingerprint density at radius 2 is 2.12 bits per heavy atom. The van der Waals surface area contributed by atoms with Crippen LogP contribution in [-0.4, -0.2) is 19.1 Å². The normalized spacial score (nSPS) is 19.6. The van der Waals surface area contributed by atoms with E-state index in [1.54, 1.807) is 0 Å². The molecule has 3 nitrogen and oxygen atoms in total. The molecule has 0 aliphatic carbocycles. The van der Waals surface area contributed by atoms with Gasteiger partial charge >= 0.3 is 0 Å². The van der Waals surface area contributed by atoms with Crippen LogP contribution in [0.15, 0.2) is 28.7 Å². The predicted molar refractivity (Wildman–Crippen MR) is 65.4 cm³/mol. The molecule has 0 aromatic heterocycles. The van der Waals surface area contributed by atoms with Gasteiger partial charge in [-0.15, -0.1) is 0 Å². The number of hydrogen-bond donors (Lipinski definition) is 1. The second kappa shape index (κ2) is 5.34. The number of halogens is 1. The molecule has 1 fully saturated rings. The summed E-state index contributed by atoms with van der Waals surface area (Å²) >= 11 is 3.37. The molecule has 1 N–H and O–H groups in total. The Morgan fingerprint density at radius 1 is 1.38 bits per heavy atom. The molecule has 1 aromatic carbocycles. The fourth-order valence-corrected chi connectivity index (χ4v) is 2.03. The predicted octanol–water partition coefficient (Wildman–Crippen LogP) is 2.35. The number of carbonyl (C=O) groups excluding carboxylic acids is 1. The fraction of sp³-hybridized carbons (Fsp3) is 0.417. The molecule has 0 radical (unpaired) electrons. The Balaban J connectivity index is 1.75. The van der Waals surface area contributed by atoms with Crippen LogP contribution in [0.2, 0.25) is 0 Å². The number of benzene rings is 1. The number of hydrogen-bond acceptors (Lipinski definition) is 2. The van der Waals surface area contributed by atoms with Crippen molar-refractivity contribution in [2.45, 2.75) is 12.8 Å². The topological polar surface area (TPSA) is 38.3 Å². The lowest BCUT2D eigenvalue weighted by Gasteiger charge is -2.08. The lowest BCUT2D eigenvalue weighted by Crippen LogP contribution is -2.20. The van der Waals surface area contributed by atoms with Crippen LogP contribution < -0.4 is 10.1 Å². The molecule has 0 saturated carbocycles. The monoisotopic (exact) mass is 283 g/mol. The van der Waals surface area contributed by atoms with Gasteiger partial charge in [0.15, 0.2) is 0 Å². The van der Waals surface area contributed by atoms with Crippen LogP contribution in [0, 0.1) is 5.92 Å². The van der Waals surface area contributed by atoms with Crippen molar-refractivity contribution in [1.29, 1.82) is 0 Å². The van der Waals surface area contributed by atoms with Crippen molar-refractivity contribution < 1.29 is 9.53 Å². The first-order valence-corrected chi connectivity index (χ1v) is 6.21. The molecule has 1 amide bonds. The maximum absolute atomic E-state index is 11.3. The van der Waals surface area contributed by atoms with E-state index in [0.29, 0.717) is 6.61 Å². The minimum atomic E-state index is 0.135. The van der Waals surface area contributed by atoms with Gasteiger partial charge in [0.1, 0.15) is 5.75 Å². The van der Waals surface area contributed by atoms with E-state index in [1.165, 1.54) is 0 Å². The van der Waals surface area contributed by atoms with Crippen LogP contribution in [0.3, 0.4) is 0 Å². The van der Waals surface area contributed by atoms with Gasteiger partial charge in [-0.2, -0.15) is 0 Å². The van der Waals surface area contributed by atoms with Gasteiger partial charge in [0.2, 0.25) is 5.91 Å². The van der Waals surface area contributed by atoms with Crippen molar-refractivity contribution in [3.63, 3.8) is 0 Å². The van der Waals surface area contributed by atoms with Gasteiger partial charge in [0.05, 0.1) is 6.61 Å². The Kier molecular flexibility index (Phi) is 3.83. The highest BCUT2D eigenvalue weighted by molar-refractivity contribution is 9.10. The first-order valence-electron chi connectivity index (χ1n) is 5.42. The molecule has 16 heavy (non-hydrogen) atoms. The molecular weight excluding hydrogens is 270 g/mol. The SMILES string of the molecule is O=C1NCCC1CCOc1ccc(Br)cc1. The average molecular weight is 284 g/mol. The molecule has 0 bridgehead atoms. The maximum atomic E-state index is 11.3. The molecule has 0 spiro atoms. The molecule has 1 saturated heterocycles. The molecule has 2 rings (SSSR count). The van der Waals surface area contributed by atoms with Gasteiger partial charge in [0.25, 0.3) is 0 Å². The summed E-state index contributed by atoms with van der Waals surface area (Å²) in [5, 5.41) is 2.83. The third-order valence-corrected chi connectivity index (χ3v) is 3.24. The number of nitrogens with one attached hydrogen (secondary N) is 1. The van der Waals surface area contributed by atoms with Gasteiger partial charge in [-0.25, -0.2) is 0 Å². The molecule has 1 aromatic rings. The molecule has 1 atom stereocenters. The molecule has 1 aliphatic heterocycles. The summed E-state index contributed by atoms with van der Waals surface area (Å²) in [6, 6.07) is 7.72. The van der Waals surface area contributed by atoms with Crippen molar-refractivity contribution in [2.24, 2.45) is 5.92 Å². The standard InChI is InChI=1S/C12H14BrNO2/c13-10-1-3-11(4-2-10)16-8-6-9-5-7-14-12(9)15/h1-4,9H,5-8H2,(H,14,15). The summed E-state index contributed by atoms with van der Waals surface area (Å²) in [6.07, 6.45) is 1.73. The smallest absolute Gasteiger partial charge is 0.223 e. The van der Waals surface area contributed by atoms with Gasteiger partial charge in [-0.05, 0) is 37.1 Å². The summed E-state index contributed by atoms with van der Waals surface area (Å²) < 4.78 is 6.61. The van der Waals surface area contributed by atoms with Crippen LogP contribution in [0.25, 0.3) is 0 Å². The quantitative estimate of drug-likeness (QED) is 0.921. The lowest BCUT2D eigenvalue weighted by molar-refractivity contribution is -0.122. The number of rotatable bonds is 4. The Labute approximate surface area is 103 Å². The van der Waals surface area contributed by atoms with E-state index in [-0.39, 0.29) is 11.8 Å². The van der Waals surface area contributed by atoms with Crippen molar-refractivity contribution in [3.05, 3.63) is 28.7 Å². The van der Waals surface area contributed by atoms with Crippen molar-refractivity contribution in [1.82, 2.24) is 5.32 Å². The Hall–Kier alpha value is -1.03. The number of ether oxygens (including phenoxy) is 1. The van der Waals surface area contributed by atoms with E-state index in [9.17, 15) is 4.79 Å². The van der Waals surface area contributed by atoms with Crippen LogP contribution in [0.1, 0.15) is 12.8 Å². The lowest BCUT2D eigenvalue weighted by atomic mass is 10.1. The molecule has 1 heterocycles. The highest BCUT2D eigenvalue weighted by Crippen LogP contribution is 2.18. The maximum Gasteiger partial charge on any atom is 0.223 e. The summed E-state index contributed by atoms with van der Waals surface area (Å²) in [7, 11) is 0. The van der Waals surface area contributed by atoms with E-state index in [1.807, 2.05) is 24.3 Å². The van der Waals surface area contributed by atoms with Crippen molar-refractivity contribution >= 4 is 21.8 Å². The third-order valence-electron chi connectivity index (χ3n) is 2.71. The van der Waals surface area contributed by atoms with E-state index in [2.05, 4.69) is 21.2 Å². The van der Waals surface area contributed by atoms with Crippen LogP contribution in [-0.2, 0) is 4.79 Å². The van der Waals surface area contributed by atoms with E-state index < -0.39 is 0 Å². The van der Waals surface area contributed by atoms with E-state index in [0.717, 1.165) is 29.6 Å². The van der Waals surface area contributed by atoms with Crippen LogP contribution in [0.5, 0.6) is 5.75 Å². The number of carbonyl (C=O) groups is 1. The zero-order chi connectivity index (χ0) is 11.4. The molecule has 86 valence electrons. The second-order valence-corrected chi connectivity index (χ2v) is 4.78. The zero-order valence-electron chi connectivity index (χ0n) is 8.91. The third kappa shape index (κ3) is 2.98. The minimum absolute atomic E-state index is 0.135. The van der Waals surface area contributed by atoms with Crippen LogP contribution in [0.4, 0.5) is 0 Å². The van der Waals surface area contributed by atoms with Crippen molar-refractivity contribution in [3.8, 4) is 5.75 Å². The van der Waals surface area contributed by atoms with Gasteiger partial charge in [0, 0.05) is 16.9 Å².